The molecule has 1 aromatic carbocycles. The SMILES string of the molecule is NCCn1ncc2c(C3CCC(=O)NC3=O)cccc21. The van der Waals surface area contributed by atoms with Crippen LogP contribution in [0.2, 0.25) is 0 Å². The number of imide groups is 1. The third-order valence-electron chi connectivity index (χ3n) is 3.68. The minimum Gasteiger partial charge on any atom is -0.329 e. The summed E-state index contributed by atoms with van der Waals surface area (Å²) in [5, 5.41) is 7.67. The van der Waals surface area contributed by atoms with Crippen molar-refractivity contribution in [1.29, 1.82) is 0 Å². The lowest BCUT2D eigenvalue weighted by atomic mass is 9.88. The van der Waals surface area contributed by atoms with Gasteiger partial charge in [0.2, 0.25) is 11.8 Å². The van der Waals surface area contributed by atoms with E-state index in [2.05, 4.69) is 10.4 Å². The van der Waals surface area contributed by atoms with Crippen LogP contribution in [0.15, 0.2) is 24.4 Å². The largest absolute Gasteiger partial charge is 0.329 e. The molecule has 2 heterocycles. The van der Waals surface area contributed by atoms with Gasteiger partial charge in [-0.2, -0.15) is 5.10 Å². The lowest BCUT2D eigenvalue weighted by Crippen LogP contribution is -2.39. The van der Waals surface area contributed by atoms with E-state index < -0.39 is 0 Å². The van der Waals surface area contributed by atoms with Gasteiger partial charge in [0.15, 0.2) is 0 Å². The average molecular weight is 272 g/mol. The van der Waals surface area contributed by atoms with Crippen molar-refractivity contribution in [2.75, 3.05) is 6.54 Å². The third-order valence-corrected chi connectivity index (χ3v) is 3.68. The fourth-order valence-corrected chi connectivity index (χ4v) is 2.72. The molecule has 0 spiro atoms. The molecule has 0 aliphatic carbocycles. The predicted octanol–water partition coefficient (Wildman–Crippen LogP) is 0.515. The Hall–Kier alpha value is -2.21. The molecule has 2 aromatic rings. The zero-order valence-electron chi connectivity index (χ0n) is 11.0. The van der Waals surface area contributed by atoms with Gasteiger partial charge in [-0.15, -0.1) is 0 Å². The first kappa shape index (κ1) is 12.8. The Morgan fingerprint density at radius 3 is 3.00 bits per heavy atom. The summed E-state index contributed by atoms with van der Waals surface area (Å²) in [6.45, 7) is 1.15. The van der Waals surface area contributed by atoms with E-state index >= 15 is 0 Å². The number of fused-ring (bicyclic) bond motifs is 1. The zero-order chi connectivity index (χ0) is 14.1. The number of amides is 2. The van der Waals surface area contributed by atoms with Crippen LogP contribution in [-0.4, -0.2) is 28.1 Å². The van der Waals surface area contributed by atoms with Crippen LogP contribution in [0, 0.1) is 0 Å². The van der Waals surface area contributed by atoms with E-state index in [-0.39, 0.29) is 17.7 Å². The monoisotopic (exact) mass is 272 g/mol. The van der Waals surface area contributed by atoms with Gasteiger partial charge < -0.3 is 5.73 Å². The zero-order valence-corrected chi connectivity index (χ0v) is 11.0. The van der Waals surface area contributed by atoms with Gasteiger partial charge in [-0.1, -0.05) is 12.1 Å². The molecule has 0 bridgehead atoms. The lowest BCUT2D eigenvalue weighted by molar-refractivity contribution is -0.134. The van der Waals surface area contributed by atoms with E-state index in [4.69, 9.17) is 5.73 Å². The van der Waals surface area contributed by atoms with E-state index in [0.29, 0.717) is 25.9 Å². The summed E-state index contributed by atoms with van der Waals surface area (Å²) in [5.41, 5.74) is 7.46. The molecule has 6 heteroatoms. The first-order chi connectivity index (χ1) is 9.70. The second-order valence-corrected chi connectivity index (χ2v) is 4.94. The van der Waals surface area contributed by atoms with Crippen LogP contribution in [0.1, 0.15) is 24.3 Å². The van der Waals surface area contributed by atoms with Crippen LogP contribution in [0.25, 0.3) is 10.9 Å². The summed E-state index contributed by atoms with van der Waals surface area (Å²) < 4.78 is 1.84. The van der Waals surface area contributed by atoms with Crippen molar-refractivity contribution in [1.82, 2.24) is 15.1 Å². The third kappa shape index (κ3) is 2.08. The molecule has 20 heavy (non-hydrogen) atoms. The normalized spacial score (nSPS) is 19.4. The van der Waals surface area contributed by atoms with Gasteiger partial charge >= 0.3 is 0 Å². The molecule has 2 amide bonds. The van der Waals surface area contributed by atoms with Crippen LogP contribution in [0.5, 0.6) is 0 Å². The fraction of sp³-hybridized carbons (Fsp3) is 0.357. The average Bonchev–Trinajstić information content (AvgIpc) is 2.83. The maximum atomic E-state index is 12.0. The highest BCUT2D eigenvalue weighted by molar-refractivity contribution is 6.02. The summed E-state index contributed by atoms with van der Waals surface area (Å²) in [6, 6.07) is 5.81. The second kappa shape index (κ2) is 5.05. The smallest absolute Gasteiger partial charge is 0.234 e. The van der Waals surface area contributed by atoms with E-state index in [0.717, 1.165) is 16.5 Å². The van der Waals surface area contributed by atoms with Gasteiger partial charge in [0.05, 0.1) is 24.2 Å². The Morgan fingerprint density at radius 2 is 2.25 bits per heavy atom. The molecule has 1 fully saturated rings. The van der Waals surface area contributed by atoms with Crippen LogP contribution in [0.4, 0.5) is 0 Å². The molecule has 6 nitrogen and oxygen atoms in total. The summed E-state index contributed by atoms with van der Waals surface area (Å²) in [5.74, 6) is -0.704. The molecule has 0 radical (unpaired) electrons. The highest BCUT2D eigenvalue weighted by Crippen LogP contribution is 2.30. The van der Waals surface area contributed by atoms with Crippen molar-refractivity contribution < 1.29 is 9.59 Å². The molecule has 1 aromatic heterocycles. The van der Waals surface area contributed by atoms with Gasteiger partial charge in [-0.25, -0.2) is 0 Å². The van der Waals surface area contributed by atoms with Crippen molar-refractivity contribution in [3.63, 3.8) is 0 Å². The highest BCUT2D eigenvalue weighted by atomic mass is 16.2. The number of carbonyl (C=O) groups is 2. The second-order valence-electron chi connectivity index (χ2n) is 4.94. The molecule has 3 N–H and O–H groups in total. The summed E-state index contributed by atoms with van der Waals surface area (Å²) in [4.78, 5) is 23.2. The molecular formula is C14H16N4O2. The first-order valence-corrected chi connectivity index (χ1v) is 6.69. The minimum absolute atomic E-state index is 0.197. The fourth-order valence-electron chi connectivity index (χ4n) is 2.72. The molecule has 1 saturated heterocycles. The van der Waals surface area contributed by atoms with E-state index in [1.54, 1.807) is 6.20 Å². The van der Waals surface area contributed by atoms with Crippen LogP contribution in [-0.2, 0) is 16.1 Å². The molecular weight excluding hydrogens is 256 g/mol. The first-order valence-electron chi connectivity index (χ1n) is 6.69. The Kier molecular flexibility index (Phi) is 3.23. The standard InChI is InChI=1S/C14H16N4O2/c15-6-7-18-12-3-1-2-9(11(12)8-16-18)10-4-5-13(19)17-14(10)20/h1-3,8,10H,4-7,15H2,(H,17,19,20). The van der Waals surface area contributed by atoms with E-state index in [1.807, 2.05) is 22.9 Å². The summed E-state index contributed by atoms with van der Waals surface area (Å²) in [7, 11) is 0. The molecule has 1 aliphatic heterocycles. The van der Waals surface area contributed by atoms with Crippen LogP contribution >= 0.6 is 0 Å². The topological polar surface area (TPSA) is 90.0 Å². The Labute approximate surface area is 115 Å². The number of carbonyl (C=O) groups excluding carboxylic acids is 2. The van der Waals surface area contributed by atoms with Crippen LogP contribution < -0.4 is 11.1 Å². The number of nitrogens with zero attached hydrogens (tertiary/aromatic N) is 2. The molecule has 1 atom stereocenters. The molecule has 0 saturated carbocycles. The number of rotatable bonds is 3. The molecule has 1 aliphatic rings. The Morgan fingerprint density at radius 1 is 1.40 bits per heavy atom. The van der Waals surface area contributed by atoms with Gasteiger partial charge in [-0.3, -0.25) is 19.6 Å². The van der Waals surface area contributed by atoms with Crippen molar-refractivity contribution >= 4 is 22.7 Å². The predicted molar refractivity (Wildman–Crippen MR) is 73.9 cm³/mol. The summed E-state index contributed by atoms with van der Waals surface area (Å²) >= 11 is 0. The lowest BCUT2D eigenvalue weighted by Gasteiger charge is -2.21. The number of benzene rings is 1. The minimum atomic E-state index is -0.285. The van der Waals surface area contributed by atoms with Gasteiger partial charge in [0, 0.05) is 18.4 Å². The highest BCUT2D eigenvalue weighted by Gasteiger charge is 2.29. The van der Waals surface area contributed by atoms with Crippen molar-refractivity contribution in [2.45, 2.75) is 25.3 Å². The Balaban J connectivity index is 2.03. The maximum Gasteiger partial charge on any atom is 0.234 e. The van der Waals surface area contributed by atoms with Gasteiger partial charge in [-0.05, 0) is 18.1 Å². The number of nitrogens with one attached hydrogen (secondary N) is 1. The molecule has 104 valence electrons. The molecule has 3 rings (SSSR count). The number of hydrogen-bond acceptors (Lipinski definition) is 4. The maximum absolute atomic E-state index is 12.0. The number of nitrogens with two attached hydrogens (primary N) is 1. The van der Waals surface area contributed by atoms with Gasteiger partial charge in [0.1, 0.15) is 0 Å². The van der Waals surface area contributed by atoms with E-state index in [9.17, 15) is 9.59 Å². The van der Waals surface area contributed by atoms with E-state index in [1.165, 1.54) is 0 Å². The van der Waals surface area contributed by atoms with Crippen molar-refractivity contribution in [2.24, 2.45) is 5.73 Å². The summed E-state index contributed by atoms with van der Waals surface area (Å²) in [6.07, 6.45) is 2.69. The number of piperidine rings is 1. The van der Waals surface area contributed by atoms with Crippen LogP contribution in [0.3, 0.4) is 0 Å². The van der Waals surface area contributed by atoms with Crippen molar-refractivity contribution in [3.8, 4) is 0 Å². The van der Waals surface area contributed by atoms with Crippen molar-refractivity contribution in [3.05, 3.63) is 30.0 Å². The number of hydrogen-bond donors (Lipinski definition) is 2. The molecule has 1 unspecified atom stereocenters. The van der Waals surface area contributed by atoms with Gasteiger partial charge in [0.25, 0.3) is 0 Å². The number of aromatic nitrogens is 2. The quantitative estimate of drug-likeness (QED) is 0.797. The Bertz CT molecular complexity index is 677.